The molecule has 1 fully saturated rings. The number of carbonyl (C=O) groups excluding carboxylic acids is 2. The van der Waals surface area contributed by atoms with Crippen molar-refractivity contribution in [2.45, 2.75) is 31.7 Å². The Balaban J connectivity index is 2.44. The van der Waals surface area contributed by atoms with Gasteiger partial charge in [0.1, 0.15) is 6.04 Å². The molecule has 1 atom stereocenters. The van der Waals surface area contributed by atoms with Gasteiger partial charge in [0.2, 0.25) is 11.8 Å². The van der Waals surface area contributed by atoms with E-state index >= 15 is 0 Å². The van der Waals surface area contributed by atoms with E-state index in [2.05, 4.69) is 5.32 Å². The minimum absolute atomic E-state index is 0.132. The lowest BCUT2D eigenvalue weighted by Gasteiger charge is -2.18. The van der Waals surface area contributed by atoms with Crippen molar-refractivity contribution in [1.82, 2.24) is 10.2 Å². The summed E-state index contributed by atoms with van der Waals surface area (Å²) in [6.07, 6.45) is 0.548. The largest absolute Gasteiger partial charge is 0.481 e. The predicted octanol–water partition coefficient (Wildman–Crippen LogP) is -0.957. The summed E-state index contributed by atoms with van der Waals surface area (Å²) in [6, 6.07) is -1.25. The molecule has 2 amide bonds. The summed E-state index contributed by atoms with van der Waals surface area (Å²) in [5.41, 5.74) is 0. The van der Waals surface area contributed by atoms with Crippen molar-refractivity contribution in [1.29, 1.82) is 0 Å². The number of carboxylic acids is 2. The molecule has 0 saturated carbocycles. The van der Waals surface area contributed by atoms with Crippen LogP contribution in [-0.4, -0.2) is 58.0 Å². The van der Waals surface area contributed by atoms with Gasteiger partial charge in [0.15, 0.2) is 0 Å². The van der Waals surface area contributed by atoms with E-state index in [-0.39, 0.29) is 25.3 Å². The van der Waals surface area contributed by atoms with Crippen molar-refractivity contribution in [3.63, 3.8) is 0 Å². The van der Waals surface area contributed by atoms with E-state index in [1.54, 1.807) is 0 Å². The van der Waals surface area contributed by atoms with Gasteiger partial charge >= 0.3 is 11.9 Å². The van der Waals surface area contributed by atoms with Gasteiger partial charge in [-0.3, -0.25) is 14.4 Å². The molecule has 0 aromatic heterocycles. The maximum absolute atomic E-state index is 11.6. The van der Waals surface area contributed by atoms with Crippen LogP contribution in [0.5, 0.6) is 0 Å². The standard InChI is InChI=1S/C11H16N2O6/c14-8(6-13-5-1-2-9(13)15)12-7(11(18)19)3-4-10(16)17/h7H,1-6H2,(H,12,14)(H,16,17)(H,18,19)/t7-/m0/s1. The number of hydrogen-bond acceptors (Lipinski definition) is 4. The van der Waals surface area contributed by atoms with Crippen molar-refractivity contribution in [3.05, 3.63) is 0 Å². The summed E-state index contributed by atoms with van der Waals surface area (Å²) in [5.74, 6) is -3.14. The minimum atomic E-state index is -1.29. The van der Waals surface area contributed by atoms with Crippen LogP contribution in [0.25, 0.3) is 0 Å². The highest BCUT2D eigenvalue weighted by Gasteiger charge is 2.25. The first kappa shape index (κ1) is 14.9. The number of amides is 2. The monoisotopic (exact) mass is 272 g/mol. The van der Waals surface area contributed by atoms with Gasteiger partial charge in [-0.2, -0.15) is 0 Å². The van der Waals surface area contributed by atoms with E-state index < -0.39 is 23.9 Å². The number of aliphatic carboxylic acids is 2. The Kier molecular flexibility index (Phi) is 5.28. The van der Waals surface area contributed by atoms with Gasteiger partial charge < -0.3 is 20.4 Å². The van der Waals surface area contributed by atoms with E-state index in [1.165, 1.54) is 4.90 Å². The Morgan fingerprint density at radius 3 is 2.47 bits per heavy atom. The van der Waals surface area contributed by atoms with E-state index in [4.69, 9.17) is 10.2 Å². The first-order valence-corrected chi connectivity index (χ1v) is 5.92. The Bertz CT molecular complexity index is 395. The van der Waals surface area contributed by atoms with Crippen LogP contribution in [0.15, 0.2) is 0 Å². The average Bonchev–Trinajstić information content (AvgIpc) is 2.69. The normalized spacial score (nSPS) is 16.2. The smallest absolute Gasteiger partial charge is 0.326 e. The Morgan fingerprint density at radius 2 is 2.00 bits per heavy atom. The van der Waals surface area contributed by atoms with Crippen LogP contribution in [0, 0.1) is 0 Å². The maximum Gasteiger partial charge on any atom is 0.326 e. The van der Waals surface area contributed by atoms with Crippen LogP contribution in [0.1, 0.15) is 25.7 Å². The molecule has 1 aliphatic heterocycles. The zero-order chi connectivity index (χ0) is 14.4. The molecule has 8 nitrogen and oxygen atoms in total. The fourth-order valence-electron chi connectivity index (χ4n) is 1.81. The van der Waals surface area contributed by atoms with Crippen LogP contribution in [-0.2, 0) is 19.2 Å². The minimum Gasteiger partial charge on any atom is -0.481 e. The molecule has 0 bridgehead atoms. The van der Waals surface area contributed by atoms with Gasteiger partial charge in [0.25, 0.3) is 0 Å². The third-order valence-electron chi connectivity index (χ3n) is 2.79. The average molecular weight is 272 g/mol. The van der Waals surface area contributed by atoms with Crippen LogP contribution in [0.2, 0.25) is 0 Å². The molecule has 0 spiro atoms. The summed E-state index contributed by atoms with van der Waals surface area (Å²) in [5, 5.41) is 19.6. The molecule has 1 rings (SSSR count). The Hall–Kier alpha value is -2.12. The number of likely N-dealkylation sites (tertiary alicyclic amines) is 1. The molecule has 0 radical (unpaired) electrons. The predicted molar refractivity (Wildman–Crippen MR) is 62.3 cm³/mol. The van der Waals surface area contributed by atoms with Crippen molar-refractivity contribution < 1.29 is 29.4 Å². The highest BCUT2D eigenvalue weighted by molar-refractivity contribution is 5.88. The van der Waals surface area contributed by atoms with E-state index in [9.17, 15) is 19.2 Å². The van der Waals surface area contributed by atoms with E-state index in [0.29, 0.717) is 19.4 Å². The molecule has 8 heteroatoms. The first-order valence-electron chi connectivity index (χ1n) is 5.92. The van der Waals surface area contributed by atoms with Crippen molar-refractivity contribution >= 4 is 23.8 Å². The maximum atomic E-state index is 11.6. The lowest BCUT2D eigenvalue weighted by Crippen LogP contribution is -2.46. The van der Waals surface area contributed by atoms with Crippen LogP contribution >= 0.6 is 0 Å². The fraction of sp³-hybridized carbons (Fsp3) is 0.636. The molecule has 0 aromatic rings. The Morgan fingerprint density at radius 1 is 1.32 bits per heavy atom. The molecule has 0 unspecified atom stereocenters. The summed E-state index contributed by atoms with van der Waals surface area (Å²) in [7, 11) is 0. The van der Waals surface area contributed by atoms with E-state index in [1.807, 2.05) is 0 Å². The highest BCUT2D eigenvalue weighted by atomic mass is 16.4. The third kappa shape index (κ3) is 4.94. The van der Waals surface area contributed by atoms with Crippen molar-refractivity contribution in [3.8, 4) is 0 Å². The summed E-state index contributed by atoms with van der Waals surface area (Å²) >= 11 is 0. The zero-order valence-electron chi connectivity index (χ0n) is 10.3. The number of nitrogens with zero attached hydrogens (tertiary/aromatic N) is 1. The first-order chi connectivity index (χ1) is 8.90. The second-order valence-electron chi connectivity index (χ2n) is 4.31. The zero-order valence-corrected chi connectivity index (χ0v) is 10.3. The number of nitrogens with one attached hydrogen (secondary N) is 1. The Labute approximate surface area is 109 Å². The molecule has 3 N–H and O–H groups in total. The topological polar surface area (TPSA) is 124 Å². The quantitative estimate of drug-likeness (QED) is 0.548. The lowest BCUT2D eigenvalue weighted by molar-refractivity contribution is -0.143. The number of rotatable bonds is 7. The van der Waals surface area contributed by atoms with Gasteiger partial charge in [-0.1, -0.05) is 0 Å². The molecule has 0 aliphatic carbocycles. The summed E-state index contributed by atoms with van der Waals surface area (Å²) in [4.78, 5) is 45.5. The molecule has 1 aliphatic rings. The molecular formula is C11H16N2O6. The van der Waals surface area contributed by atoms with Gasteiger partial charge in [-0.25, -0.2) is 4.79 Å². The number of hydrogen-bond donors (Lipinski definition) is 3. The SMILES string of the molecule is O=C(O)CC[C@H](NC(=O)CN1CCCC1=O)C(=O)O. The van der Waals surface area contributed by atoms with Crippen LogP contribution < -0.4 is 5.32 Å². The molecule has 0 aromatic carbocycles. The fourth-order valence-corrected chi connectivity index (χ4v) is 1.81. The van der Waals surface area contributed by atoms with Gasteiger partial charge in [0.05, 0.1) is 6.54 Å². The molecule has 19 heavy (non-hydrogen) atoms. The van der Waals surface area contributed by atoms with Crippen molar-refractivity contribution in [2.75, 3.05) is 13.1 Å². The lowest BCUT2D eigenvalue weighted by atomic mass is 10.1. The molecular weight excluding hydrogens is 256 g/mol. The van der Waals surface area contributed by atoms with Gasteiger partial charge in [-0.05, 0) is 12.8 Å². The summed E-state index contributed by atoms with van der Waals surface area (Å²) < 4.78 is 0. The molecule has 1 heterocycles. The van der Waals surface area contributed by atoms with Gasteiger partial charge in [-0.15, -0.1) is 0 Å². The number of carbonyl (C=O) groups is 4. The second kappa shape index (κ2) is 6.72. The van der Waals surface area contributed by atoms with Crippen molar-refractivity contribution in [2.24, 2.45) is 0 Å². The second-order valence-corrected chi connectivity index (χ2v) is 4.31. The summed E-state index contributed by atoms with van der Waals surface area (Å²) in [6.45, 7) is 0.300. The van der Waals surface area contributed by atoms with E-state index in [0.717, 1.165) is 0 Å². The van der Waals surface area contributed by atoms with Crippen LogP contribution in [0.4, 0.5) is 0 Å². The number of carboxylic acid groups (broad SMARTS) is 2. The van der Waals surface area contributed by atoms with Gasteiger partial charge in [0, 0.05) is 19.4 Å². The van der Waals surface area contributed by atoms with Crippen LogP contribution in [0.3, 0.4) is 0 Å². The third-order valence-corrected chi connectivity index (χ3v) is 2.79. The molecule has 106 valence electrons. The highest BCUT2D eigenvalue weighted by Crippen LogP contribution is 2.08. The molecule has 1 saturated heterocycles.